The SMILES string of the molecule is Cc1ccc(C)c(NC(=O)C2CCCC2O)c1. The molecule has 0 spiro atoms. The van der Waals surface area contributed by atoms with Crippen LogP contribution in [-0.4, -0.2) is 17.1 Å². The van der Waals surface area contributed by atoms with Gasteiger partial charge in [0.15, 0.2) is 0 Å². The van der Waals surface area contributed by atoms with Crippen LogP contribution in [0.1, 0.15) is 30.4 Å². The Morgan fingerprint density at radius 3 is 2.76 bits per heavy atom. The number of aliphatic hydroxyl groups excluding tert-OH is 1. The number of anilines is 1. The first-order valence-corrected chi connectivity index (χ1v) is 6.14. The van der Waals surface area contributed by atoms with Crippen molar-refractivity contribution in [2.75, 3.05) is 5.32 Å². The maximum absolute atomic E-state index is 12.0. The maximum atomic E-state index is 12.0. The number of aliphatic hydroxyl groups is 1. The van der Waals surface area contributed by atoms with E-state index in [1.165, 1.54) is 0 Å². The van der Waals surface area contributed by atoms with Gasteiger partial charge in [-0.1, -0.05) is 12.1 Å². The van der Waals surface area contributed by atoms with Crippen molar-refractivity contribution in [3.63, 3.8) is 0 Å². The fourth-order valence-corrected chi connectivity index (χ4v) is 2.34. The van der Waals surface area contributed by atoms with Crippen molar-refractivity contribution < 1.29 is 9.90 Å². The van der Waals surface area contributed by atoms with Crippen molar-refractivity contribution >= 4 is 11.6 Å². The molecule has 17 heavy (non-hydrogen) atoms. The highest BCUT2D eigenvalue weighted by molar-refractivity contribution is 5.93. The Balaban J connectivity index is 2.10. The summed E-state index contributed by atoms with van der Waals surface area (Å²) in [5, 5.41) is 12.6. The normalized spacial score (nSPS) is 23.7. The highest BCUT2D eigenvalue weighted by atomic mass is 16.3. The summed E-state index contributed by atoms with van der Waals surface area (Å²) in [6, 6.07) is 5.99. The van der Waals surface area contributed by atoms with Crippen LogP contribution in [-0.2, 0) is 4.79 Å². The minimum atomic E-state index is -0.472. The second-order valence-electron chi connectivity index (χ2n) is 4.91. The Kier molecular flexibility index (Phi) is 3.48. The van der Waals surface area contributed by atoms with Crippen LogP contribution in [0.25, 0.3) is 0 Å². The van der Waals surface area contributed by atoms with Gasteiger partial charge in [0.1, 0.15) is 0 Å². The zero-order chi connectivity index (χ0) is 12.4. The summed E-state index contributed by atoms with van der Waals surface area (Å²) in [6.45, 7) is 3.97. The second kappa shape index (κ2) is 4.88. The molecule has 0 saturated heterocycles. The van der Waals surface area contributed by atoms with Gasteiger partial charge >= 0.3 is 0 Å². The topological polar surface area (TPSA) is 49.3 Å². The number of aryl methyl sites for hydroxylation is 2. The Hall–Kier alpha value is -1.35. The van der Waals surface area contributed by atoms with Crippen LogP contribution in [0.15, 0.2) is 18.2 Å². The average Bonchev–Trinajstić information content (AvgIpc) is 2.70. The number of carbonyl (C=O) groups excluding carboxylic acids is 1. The highest BCUT2D eigenvalue weighted by Crippen LogP contribution is 2.27. The number of nitrogens with one attached hydrogen (secondary N) is 1. The fourth-order valence-electron chi connectivity index (χ4n) is 2.34. The molecule has 1 aliphatic carbocycles. The molecule has 1 fully saturated rings. The van der Waals surface area contributed by atoms with E-state index in [1.807, 2.05) is 32.0 Å². The smallest absolute Gasteiger partial charge is 0.230 e. The number of hydrogen-bond donors (Lipinski definition) is 2. The monoisotopic (exact) mass is 233 g/mol. The van der Waals surface area contributed by atoms with Gasteiger partial charge in [0, 0.05) is 5.69 Å². The molecule has 3 nitrogen and oxygen atoms in total. The van der Waals surface area contributed by atoms with Gasteiger partial charge in [-0.05, 0) is 50.3 Å². The number of amides is 1. The van der Waals surface area contributed by atoms with E-state index in [4.69, 9.17) is 0 Å². The molecule has 1 amide bonds. The van der Waals surface area contributed by atoms with E-state index in [9.17, 15) is 9.90 Å². The number of hydrogen-bond acceptors (Lipinski definition) is 2. The van der Waals surface area contributed by atoms with Gasteiger partial charge in [0.25, 0.3) is 0 Å². The molecule has 1 aromatic rings. The second-order valence-corrected chi connectivity index (χ2v) is 4.91. The molecule has 1 saturated carbocycles. The summed E-state index contributed by atoms with van der Waals surface area (Å²) in [4.78, 5) is 12.0. The molecule has 2 atom stereocenters. The average molecular weight is 233 g/mol. The van der Waals surface area contributed by atoms with Gasteiger partial charge < -0.3 is 10.4 Å². The summed E-state index contributed by atoms with van der Waals surface area (Å²) in [7, 11) is 0. The third kappa shape index (κ3) is 2.67. The molecule has 1 aliphatic rings. The Morgan fingerprint density at radius 1 is 1.35 bits per heavy atom. The van der Waals surface area contributed by atoms with Crippen molar-refractivity contribution in [2.45, 2.75) is 39.2 Å². The van der Waals surface area contributed by atoms with E-state index >= 15 is 0 Å². The highest BCUT2D eigenvalue weighted by Gasteiger charge is 2.31. The molecule has 2 unspecified atom stereocenters. The molecule has 2 rings (SSSR count). The summed E-state index contributed by atoms with van der Waals surface area (Å²) in [5.41, 5.74) is 3.03. The summed E-state index contributed by atoms with van der Waals surface area (Å²) in [5.74, 6) is -0.293. The van der Waals surface area contributed by atoms with Crippen molar-refractivity contribution in [2.24, 2.45) is 5.92 Å². The standard InChI is InChI=1S/C14H19NO2/c1-9-6-7-10(2)12(8-9)15-14(17)11-4-3-5-13(11)16/h6-8,11,13,16H,3-5H2,1-2H3,(H,15,17). The molecular weight excluding hydrogens is 214 g/mol. The minimum absolute atomic E-state index is 0.0521. The lowest BCUT2D eigenvalue weighted by atomic mass is 10.0. The zero-order valence-electron chi connectivity index (χ0n) is 10.4. The summed E-state index contributed by atoms with van der Waals surface area (Å²) < 4.78 is 0. The Labute approximate surface area is 102 Å². The van der Waals surface area contributed by atoms with Gasteiger partial charge in [-0.15, -0.1) is 0 Å². The molecular formula is C14H19NO2. The first-order valence-electron chi connectivity index (χ1n) is 6.14. The molecule has 3 heteroatoms. The van der Waals surface area contributed by atoms with Crippen LogP contribution in [0.2, 0.25) is 0 Å². The Morgan fingerprint density at radius 2 is 2.12 bits per heavy atom. The molecule has 0 bridgehead atoms. The molecule has 0 aliphatic heterocycles. The molecule has 1 aromatic carbocycles. The van der Waals surface area contributed by atoms with Crippen molar-refractivity contribution in [3.05, 3.63) is 29.3 Å². The lowest BCUT2D eigenvalue weighted by Crippen LogP contribution is -2.28. The van der Waals surface area contributed by atoms with Crippen LogP contribution in [0.3, 0.4) is 0 Å². The van der Waals surface area contributed by atoms with E-state index in [1.54, 1.807) is 0 Å². The van der Waals surface area contributed by atoms with Crippen molar-refractivity contribution in [3.8, 4) is 0 Å². The molecule has 0 radical (unpaired) electrons. The first-order chi connectivity index (χ1) is 8.08. The lowest BCUT2D eigenvalue weighted by Gasteiger charge is -2.16. The van der Waals surface area contributed by atoms with Gasteiger partial charge in [0.2, 0.25) is 5.91 Å². The lowest BCUT2D eigenvalue weighted by molar-refractivity contribution is -0.122. The van der Waals surface area contributed by atoms with E-state index in [2.05, 4.69) is 5.32 Å². The zero-order valence-corrected chi connectivity index (χ0v) is 10.4. The Bertz CT molecular complexity index is 428. The first kappa shape index (κ1) is 12.1. The van der Waals surface area contributed by atoms with Gasteiger partial charge in [-0.25, -0.2) is 0 Å². The van der Waals surface area contributed by atoms with Crippen molar-refractivity contribution in [1.29, 1.82) is 0 Å². The van der Waals surface area contributed by atoms with E-state index in [-0.39, 0.29) is 11.8 Å². The van der Waals surface area contributed by atoms with Gasteiger partial charge in [-0.3, -0.25) is 4.79 Å². The maximum Gasteiger partial charge on any atom is 0.230 e. The molecule has 0 aromatic heterocycles. The molecule has 0 heterocycles. The summed E-state index contributed by atoms with van der Waals surface area (Å²) in [6.07, 6.45) is 1.99. The van der Waals surface area contributed by atoms with Gasteiger partial charge in [0.05, 0.1) is 12.0 Å². The van der Waals surface area contributed by atoms with Gasteiger partial charge in [-0.2, -0.15) is 0 Å². The third-order valence-electron chi connectivity index (χ3n) is 3.47. The van der Waals surface area contributed by atoms with E-state index in [0.29, 0.717) is 0 Å². The predicted molar refractivity (Wildman–Crippen MR) is 67.9 cm³/mol. The quantitative estimate of drug-likeness (QED) is 0.824. The van der Waals surface area contributed by atoms with Crippen molar-refractivity contribution in [1.82, 2.24) is 0 Å². The van der Waals surface area contributed by atoms with Crippen LogP contribution in [0.4, 0.5) is 5.69 Å². The number of rotatable bonds is 2. The largest absolute Gasteiger partial charge is 0.392 e. The third-order valence-corrected chi connectivity index (χ3v) is 3.47. The molecule has 92 valence electrons. The fraction of sp³-hybridized carbons (Fsp3) is 0.500. The van der Waals surface area contributed by atoms with E-state index < -0.39 is 6.10 Å². The number of benzene rings is 1. The van der Waals surface area contributed by atoms with Crippen LogP contribution < -0.4 is 5.32 Å². The van der Waals surface area contributed by atoms with Crippen LogP contribution in [0.5, 0.6) is 0 Å². The van der Waals surface area contributed by atoms with Crippen LogP contribution in [0, 0.1) is 19.8 Å². The molecule has 2 N–H and O–H groups in total. The van der Waals surface area contributed by atoms with E-state index in [0.717, 1.165) is 36.1 Å². The number of carbonyl (C=O) groups is 1. The summed E-state index contributed by atoms with van der Waals surface area (Å²) >= 11 is 0. The van der Waals surface area contributed by atoms with Crippen LogP contribution >= 0.6 is 0 Å². The predicted octanol–water partition coefficient (Wildman–Crippen LogP) is 2.40. The minimum Gasteiger partial charge on any atom is -0.392 e.